The van der Waals surface area contributed by atoms with E-state index in [4.69, 9.17) is 14.8 Å². The minimum atomic E-state index is 0.279. The van der Waals surface area contributed by atoms with E-state index in [0.717, 1.165) is 22.2 Å². The van der Waals surface area contributed by atoms with Crippen LogP contribution in [0.5, 0.6) is 0 Å². The van der Waals surface area contributed by atoms with Crippen molar-refractivity contribution < 1.29 is 9.05 Å². The molecule has 0 saturated heterocycles. The first-order valence-corrected chi connectivity index (χ1v) is 4.83. The Morgan fingerprint density at radius 3 is 2.81 bits per heavy atom. The van der Waals surface area contributed by atoms with Crippen molar-refractivity contribution in [2.24, 2.45) is 0 Å². The van der Waals surface area contributed by atoms with Gasteiger partial charge in [-0.05, 0) is 13.0 Å². The number of fused-ring (bicyclic) bond motifs is 1. The van der Waals surface area contributed by atoms with E-state index in [0.29, 0.717) is 5.58 Å². The normalized spacial score (nSPS) is 11.1. The zero-order valence-corrected chi connectivity index (χ0v) is 8.60. The molecule has 0 atom stereocenters. The summed E-state index contributed by atoms with van der Waals surface area (Å²) in [5.74, 6) is 0.279. The maximum atomic E-state index is 5.68. The summed E-state index contributed by atoms with van der Waals surface area (Å²) < 4.78 is 10.1. The molecule has 16 heavy (non-hydrogen) atoms. The van der Waals surface area contributed by atoms with Crippen molar-refractivity contribution in [2.45, 2.75) is 6.92 Å². The van der Waals surface area contributed by atoms with Crippen LogP contribution in [0, 0.1) is 6.92 Å². The molecule has 0 fully saturated rings. The van der Waals surface area contributed by atoms with Crippen molar-refractivity contribution in [2.75, 3.05) is 5.73 Å². The standard InChI is InChI=1S/C11H9N3O2/c1-6-7-3-2-4-8(10(7)15-14-6)9-5-13-16-11(9)12/h2-5H,12H2,1H3. The van der Waals surface area contributed by atoms with Crippen LogP contribution in [0.3, 0.4) is 0 Å². The second-order valence-corrected chi connectivity index (χ2v) is 3.55. The number of hydrogen-bond donors (Lipinski definition) is 1. The molecule has 5 heteroatoms. The average Bonchev–Trinajstić information content (AvgIpc) is 2.86. The SMILES string of the molecule is Cc1noc2c(-c3cnoc3N)cccc12. The summed E-state index contributed by atoms with van der Waals surface area (Å²) in [7, 11) is 0. The highest BCUT2D eigenvalue weighted by molar-refractivity contribution is 5.95. The Balaban J connectivity index is 2.36. The van der Waals surface area contributed by atoms with Gasteiger partial charge in [0.2, 0.25) is 5.88 Å². The van der Waals surface area contributed by atoms with Gasteiger partial charge in [-0.15, -0.1) is 0 Å². The molecule has 2 heterocycles. The number of anilines is 1. The second-order valence-electron chi connectivity index (χ2n) is 3.55. The highest BCUT2D eigenvalue weighted by atomic mass is 16.5. The third-order valence-electron chi connectivity index (χ3n) is 2.57. The van der Waals surface area contributed by atoms with E-state index in [1.807, 2.05) is 25.1 Å². The van der Waals surface area contributed by atoms with Crippen molar-refractivity contribution in [1.29, 1.82) is 0 Å². The molecule has 0 aliphatic heterocycles. The lowest BCUT2D eigenvalue weighted by Crippen LogP contribution is -1.85. The summed E-state index contributed by atoms with van der Waals surface area (Å²) >= 11 is 0. The van der Waals surface area contributed by atoms with E-state index in [9.17, 15) is 0 Å². The van der Waals surface area contributed by atoms with Gasteiger partial charge in [0.15, 0.2) is 5.58 Å². The molecule has 0 unspecified atom stereocenters. The number of nitrogens with two attached hydrogens (primary N) is 1. The minimum Gasteiger partial charge on any atom is -0.367 e. The van der Waals surface area contributed by atoms with Crippen LogP contribution in [0.2, 0.25) is 0 Å². The van der Waals surface area contributed by atoms with Gasteiger partial charge in [-0.25, -0.2) is 0 Å². The summed E-state index contributed by atoms with van der Waals surface area (Å²) in [5.41, 5.74) is 8.80. The van der Waals surface area contributed by atoms with Crippen LogP contribution >= 0.6 is 0 Å². The Labute approximate surface area is 90.8 Å². The van der Waals surface area contributed by atoms with Gasteiger partial charge in [-0.2, -0.15) is 0 Å². The molecule has 0 aliphatic carbocycles. The fourth-order valence-corrected chi connectivity index (χ4v) is 1.75. The van der Waals surface area contributed by atoms with Crippen molar-refractivity contribution in [3.8, 4) is 11.1 Å². The number of para-hydroxylation sites is 1. The molecule has 5 nitrogen and oxygen atoms in total. The smallest absolute Gasteiger partial charge is 0.230 e. The quantitative estimate of drug-likeness (QED) is 0.674. The van der Waals surface area contributed by atoms with E-state index in [-0.39, 0.29) is 5.88 Å². The van der Waals surface area contributed by atoms with Gasteiger partial charge in [-0.1, -0.05) is 22.4 Å². The highest BCUT2D eigenvalue weighted by Gasteiger charge is 2.14. The summed E-state index contributed by atoms with van der Waals surface area (Å²) in [6.07, 6.45) is 1.57. The van der Waals surface area contributed by atoms with E-state index in [1.165, 1.54) is 0 Å². The maximum absolute atomic E-state index is 5.68. The minimum absolute atomic E-state index is 0.279. The molecule has 80 valence electrons. The first-order valence-electron chi connectivity index (χ1n) is 4.83. The van der Waals surface area contributed by atoms with Gasteiger partial charge in [-0.3, -0.25) is 0 Å². The van der Waals surface area contributed by atoms with Crippen LogP contribution in [-0.2, 0) is 0 Å². The number of rotatable bonds is 1. The van der Waals surface area contributed by atoms with Crippen molar-refractivity contribution in [1.82, 2.24) is 10.3 Å². The first kappa shape index (κ1) is 8.96. The predicted octanol–water partition coefficient (Wildman–Crippen LogP) is 2.37. The number of nitrogens with zero attached hydrogens (tertiary/aromatic N) is 2. The molecule has 3 rings (SSSR count). The van der Waals surface area contributed by atoms with E-state index in [2.05, 4.69) is 10.3 Å². The first-order chi connectivity index (χ1) is 7.77. The third-order valence-corrected chi connectivity index (χ3v) is 2.57. The summed E-state index contributed by atoms with van der Waals surface area (Å²) in [4.78, 5) is 0. The van der Waals surface area contributed by atoms with E-state index in [1.54, 1.807) is 6.20 Å². The van der Waals surface area contributed by atoms with Gasteiger partial charge in [0.1, 0.15) is 0 Å². The number of nitrogen functional groups attached to an aromatic ring is 1. The lowest BCUT2D eigenvalue weighted by molar-refractivity contribution is 0.436. The maximum Gasteiger partial charge on any atom is 0.230 e. The zero-order valence-electron chi connectivity index (χ0n) is 8.60. The van der Waals surface area contributed by atoms with Crippen LogP contribution in [0.4, 0.5) is 5.88 Å². The molecule has 0 bridgehead atoms. The fourth-order valence-electron chi connectivity index (χ4n) is 1.75. The molecule has 2 aromatic heterocycles. The summed E-state index contributed by atoms with van der Waals surface area (Å²) in [6.45, 7) is 1.90. The molecule has 0 saturated carbocycles. The zero-order chi connectivity index (χ0) is 11.1. The molecule has 0 radical (unpaired) electrons. The topological polar surface area (TPSA) is 78.1 Å². The Morgan fingerprint density at radius 1 is 1.19 bits per heavy atom. The molecular formula is C11H9N3O2. The predicted molar refractivity (Wildman–Crippen MR) is 58.7 cm³/mol. The van der Waals surface area contributed by atoms with E-state index >= 15 is 0 Å². The number of aromatic nitrogens is 2. The van der Waals surface area contributed by atoms with Crippen LogP contribution in [0.15, 0.2) is 33.4 Å². The Bertz CT molecular complexity index is 654. The third kappa shape index (κ3) is 1.11. The van der Waals surface area contributed by atoms with Crippen LogP contribution < -0.4 is 5.73 Å². The van der Waals surface area contributed by atoms with Gasteiger partial charge in [0.25, 0.3) is 0 Å². The molecule has 2 N–H and O–H groups in total. The van der Waals surface area contributed by atoms with Crippen LogP contribution in [0.1, 0.15) is 5.69 Å². The second kappa shape index (κ2) is 3.10. The van der Waals surface area contributed by atoms with Crippen molar-refractivity contribution in [3.05, 3.63) is 30.1 Å². The van der Waals surface area contributed by atoms with Gasteiger partial charge < -0.3 is 14.8 Å². The molecule has 0 spiro atoms. The van der Waals surface area contributed by atoms with Crippen molar-refractivity contribution in [3.63, 3.8) is 0 Å². The number of benzene rings is 1. The van der Waals surface area contributed by atoms with Gasteiger partial charge >= 0.3 is 0 Å². The van der Waals surface area contributed by atoms with Crippen molar-refractivity contribution >= 4 is 16.9 Å². The number of aryl methyl sites for hydroxylation is 1. The molecule has 1 aromatic carbocycles. The Kier molecular flexibility index (Phi) is 1.73. The fraction of sp³-hybridized carbons (Fsp3) is 0.0909. The van der Waals surface area contributed by atoms with E-state index < -0.39 is 0 Å². The molecular weight excluding hydrogens is 206 g/mol. The monoisotopic (exact) mass is 215 g/mol. The Morgan fingerprint density at radius 2 is 2.06 bits per heavy atom. The Hall–Kier alpha value is -2.30. The molecule has 0 aliphatic rings. The van der Waals surface area contributed by atoms with Gasteiger partial charge in [0.05, 0.1) is 17.5 Å². The number of hydrogen-bond acceptors (Lipinski definition) is 5. The molecule has 0 amide bonds. The largest absolute Gasteiger partial charge is 0.367 e. The molecule has 3 aromatic rings. The summed E-state index contributed by atoms with van der Waals surface area (Å²) in [6, 6.07) is 5.78. The lowest BCUT2D eigenvalue weighted by atomic mass is 10.1. The van der Waals surface area contributed by atoms with Crippen LogP contribution in [0.25, 0.3) is 22.1 Å². The lowest BCUT2D eigenvalue weighted by Gasteiger charge is -1.97. The average molecular weight is 215 g/mol. The summed E-state index contributed by atoms with van der Waals surface area (Å²) in [5, 5.41) is 8.55. The highest BCUT2D eigenvalue weighted by Crippen LogP contribution is 2.33. The van der Waals surface area contributed by atoms with Crippen LogP contribution in [-0.4, -0.2) is 10.3 Å². The van der Waals surface area contributed by atoms with Gasteiger partial charge in [0, 0.05) is 10.9 Å².